The predicted octanol–water partition coefficient (Wildman–Crippen LogP) is 5.76. The highest BCUT2D eigenvalue weighted by Crippen LogP contribution is 2.40. The summed E-state index contributed by atoms with van der Waals surface area (Å²) in [7, 11) is 0. The molecule has 0 radical (unpaired) electrons. The maximum absolute atomic E-state index is 13.5. The van der Waals surface area contributed by atoms with Gasteiger partial charge in [0.05, 0.1) is 23.9 Å². The van der Waals surface area contributed by atoms with Gasteiger partial charge < -0.3 is 19.6 Å². The number of ketones is 1. The van der Waals surface area contributed by atoms with Crippen molar-refractivity contribution in [3.63, 3.8) is 0 Å². The Kier molecular flexibility index (Phi) is 9.98. The first kappa shape index (κ1) is 29.3. The lowest BCUT2D eigenvalue weighted by molar-refractivity contribution is -0.140. The summed E-state index contributed by atoms with van der Waals surface area (Å²) in [5.41, 5.74) is 2.52. The molecule has 3 heterocycles. The van der Waals surface area contributed by atoms with Gasteiger partial charge in [-0.3, -0.25) is 14.0 Å². The fourth-order valence-electron chi connectivity index (χ4n) is 5.45. The number of aryl methyl sites for hydroxylation is 1. The fraction of sp³-hybridized carbons (Fsp3) is 0.469. The normalized spacial score (nSPS) is 16.9. The number of rotatable bonds is 14. The molecule has 1 aliphatic heterocycles. The zero-order valence-corrected chi connectivity index (χ0v) is 24.2. The van der Waals surface area contributed by atoms with E-state index in [9.17, 15) is 14.7 Å². The molecule has 214 valence electrons. The second kappa shape index (κ2) is 13.6. The van der Waals surface area contributed by atoms with Gasteiger partial charge in [0.15, 0.2) is 5.76 Å². The van der Waals surface area contributed by atoms with Crippen LogP contribution in [0.5, 0.6) is 5.75 Å². The van der Waals surface area contributed by atoms with Crippen molar-refractivity contribution in [1.29, 1.82) is 0 Å². The highest BCUT2D eigenvalue weighted by Gasteiger charge is 2.46. The second-order valence-corrected chi connectivity index (χ2v) is 10.3. The molecule has 1 aromatic carbocycles. The van der Waals surface area contributed by atoms with E-state index in [4.69, 9.17) is 4.74 Å². The van der Waals surface area contributed by atoms with E-state index in [0.29, 0.717) is 30.2 Å². The summed E-state index contributed by atoms with van der Waals surface area (Å²) in [4.78, 5) is 35.4. The van der Waals surface area contributed by atoms with Crippen molar-refractivity contribution in [2.24, 2.45) is 0 Å². The van der Waals surface area contributed by atoms with Gasteiger partial charge in [-0.25, -0.2) is 4.98 Å². The van der Waals surface area contributed by atoms with Crippen LogP contribution in [0.2, 0.25) is 0 Å². The Morgan fingerprint density at radius 1 is 1.00 bits per heavy atom. The van der Waals surface area contributed by atoms with E-state index in [0.717, 1.165) is 50.2 Å². The van der Waals surface area contributed by atoms with Crippen LogP contribution < -0.4 is 4.74 Å². The molecule has 4 rings (SSSR count). The van der Waals surface area contributed by atoms with Crippen molar-refractivity contribution in [3.8, 4) is 5.75 Å². The SMILES string of the molecule is CCCCCCOc1ccc(C2C(=C(O)c3c(C)nc4ccccn34)C(=O)C(=O)N2CCCN(CC)CC)cc1. The van der Waals surface area contributed by atoms with E-state index >= 15 is 0 Å². The fourth-order valence-corrected chi connectivity index (χ4v) is 5.45. The largest absolute Gasteiger partial charge is 0.505 e. The van der Waals surface area contributed by atoms with E-state index < -0.39 is 17.7 Å². The van der Waals surface area contributed by atoms with Gasteiger partial charge in [-0.15, -0.1) is 0 Å². The summed E-state index contributed by atoms with van der Waals surface area (Å²) >= 11 is 0. The standard InChI is InChI=1S/C32H42N4O4/c1-5-8-9-12-22-40-25-17-15-24(16-18-25)29-27(30(37)28-23(4)33-26-14-10-11-20-35(26)28)31(38)32(39)36(29)21-13-19-34(6-2)7-3/h10-11,14-18,20,29,37H,5-9,12-13,19,21-22H2,1-4H3. The number of hydrogen-bond acceptors (Lipinski definition) is 6. The number of benzene rings is 1. The lowest BCUT2D eigenvalue weighted by atomic mass is 9.96. The number of unbranched alkanes of at least 4 members (excludes halogenated alkanes) is 3. The predicted molar refractivity (Wildman–Crippen MR) is 157 cm³/mol. The quantitative estimate of drug-likeness (QED) is 0.120. The molecule has 1 atom stereocenters. The molecule has 1 amide bonds. The highest BCUT2D eigenvalue weighted by atomic mass is 16.5. The Hall–Kier alpha value is -3.65. The number of hydrogen-bond donors (Lipinski definition) is 1. The average Bonchev–Trinajstić information content (AvgIpc) is 3.43. The van der Waals surface area contributed by atoms with Crippen LogP contribution in [-0.4, -0.2) is 68.8 Å². The number of carbonyl (C=O) groups excluding carboxylic acids is 2. The van der Waals surface area contributed by atoms with E-state index in [1.54, 1.807) is 22.4 Å². The van der Waals surface area contributed by atoms with Gasteiger partial charge in [0.2, 0.25) is 0 Å². The number of ether oxygens (including phenoxy) is 1. The number of carbonyl (C=O) groups is 2. The van der Waals surface area contributed by atoms with Crippen LogP contribution in [0.3, 0.4) is 0 Å². The van der Waals surface area contributed by atoms with E-state index in [1.165, 1.54) is 12.8 Å². The van der Waals surface area contributed by atoms with Crippen LogP contribution in [-0.2, 0) is 9.59 Å². The van der Waals surface area contributed by atoms with Gasteiger partial charge in [0.25, 0.3) is 11.7 Å². The zero-order valence-electron chi connectivity index (χ0n) is 24.2. The topological polar surface area (TPSA) is 87.4 Å². The third-order valence-electron chi connectivity index (χ3n) is 7.70. The molecule has 8 nitrogen and oxygen atoms in total. The summed E-state index contributed by atoms with van der Waals surface area (Å²) in [6.45, 7) is 11.9. The van der Waals surface area contributed by atoms with Gasteiger partial charge in [0, 0.05) is 12.7 Å². The summed E-state index contributed by atoms with van der Waals surface area (Å²) in [6, 6.07) is 12.4. The minimum Gasteiger partial charge on any atom is -0.505 e. The Bertz CT molecular complexity index is 1340. The molecule has 1 N–H and O–H groups in total. The van der Waals surface area contributed by atoms with Gasteiger partial charge >= 0.3 is 0 Å². The van der Waals surface area contributed by atoms with Gasteiger partial charge in [0.1, 0.15) is 17.1 Å². The van der Waals surface area contributed by atoms with Crippen molar-refractivity contribution in [2.45, 2.75) is 65.8 Å². The van der Waals surface area contributed by atoms with Crippen molar-refractivity contribution in [2.75, 3.05) is 32.8 Å². The van der Waals surface area contributed by atoms with Crippen LogP contribution in [0, 0.1) is 6.92 Å². The molecule has 1 unspecified atom stereocenters. The van der Waals surface area contributed by atoms with Crippen molar-refractivity contribution in [1.82, 2.24) is 19.2 Å². The summed E-state index contributed by atoms with van der Waals surface area (Å²) in [5, 5.41) is 11.6. The molecule has 0 spiro atoms. The monoisotopic (exact) mass is 546 g/mol. The first-order chi connectivity index (χ1) is 19.4. The molecule has 0 bridgehead atoms. The number of aliphatic hydroxyl groups is 1. The van der Waals surface area contributed by atoms with Crippen molar-refractivity contribution >= 4 is 23.1 Å². The first-order valence-electron chi connectivity index (χ1n) is 14.6. The van der Waals surface area contributed by atoms with Gasteiger partial charge in [-0.05, 0) is 69.2 Å². The Morgan fingerprint density at radius 2 is 1.75 bits per heavy atom. The lowest BCUT2D eigenvalue weighted by Crippen LogP contribution is -2.33. The van der Waals surface area contributed by atoms with Crippen LogP contribution in [0.1, 0.15) is 75.9 Å². The molecule has 0 aliphatic carbocycles. The molecular weight excluding hydrogens is 504 g/mol. The number of Topliss-reactive ketones (excluding diaryl/α,β-unsaturated/α-hetero) is 1. The maximum Gasteiger partial charge on any atom is 0.295 e. The smallest absolute Gasteiger partial charge is 0.295 e. The third-order valence-corrected chi connectivity index (χ3v) is 7.70. The molecule has 3 aromatic rings. The van der Waals surface area contributed by atoms with Crippen molar-refractivity contribution < 1.29 is 19.4 Å². The zero-order chi connectivity index (χ0) is 28.6. The molecule has 40 heavy (non-hydrogen) atoms. The van der Waals surface area contributed by atoms with Crippen molar-refractivity contribution in [3.05, 3.63) is 71.2 Å². The number of nitrogens with zero attached hydrogens (tertiary/aromatic N) is 4. The number of likely N-dealkylation sites (tertiary alicyclic amines) is 1. The van der Waals surface area contributed by atoms with Gasteiger partial charge in [-0.1, -0.05) is 58.2 Å². The number of amides is 1. The number of imidazole rings is 1. The van der Waals surface area contributed by atoms with E-state index in [-0.39, 0.29) is 11.3 Å². The third kappa shape index (κ3) is 6.22. The number of aromatic nitrogens is 2. The molecule has 1 aliphatic rings. The Labute approximate surface area is 237 Å². The van der Waals surface area contributed by atoms with E-state index in [1.807, 2.05) is 42.5 Å². The number of fused-ring (bicyclic) bond motifs is 1. The highest BCUT2D eigenvalue weighted by molar-refractivity contribution is 6.46. The van der Waals surface area contributed by atoms with Crippen LogP contribution in [0.4, 0.5) is 0 Å². The Balaban J connectivity index is 1.69. The molecule has 8 heteroatoms. The van der Waals surface area contributed by atoms with E-state index in [2.05, 4.69) is 30.7 Å². The summed E-state index contributed by atoms with van der Waals surface area (Å²) < 4.78 is 7.68. The molecular formula is C32H42N4O4. The number of pyridine rings is 1. The molecule has 1 saturated heterocycles. The molecule has 2 aromatic heterocycles. The molecule has 0 saturated carbocycles. The van der Waals surface area contributed by atoms with Gasteiger partial charge in [-0.2, -0.15) is 0 Å². The number of aliphatic hydroxyl groups excluding tert-OH is 1. The van der Waals surface area contributed by atoms with Crippen LogP contribution in [0.15, 0.2) is 54.2 Å². The minimum absolute atomic E-state index is 0.0924. The summed E-state index contributed by atoms with van der Waals surface area (Å²) in [5.74, 6) is -0.723. The van der Waals surface area contributed by atoms with Crippen LogP contribution in [0.25, 0.3) is 11.4 Å². The summed E-state index contributed by atoms with van der Waals surface area (Å²) in [6.07, 6.45) is 7.03. The maximum atomic E-state index is 13.5. The Morgan fingerprint density at radius 3 is 2.45 bits per heavy atom. The first-order valence-corrected chi connectivity index (χ1v) is 14.6. The second-order valence-electron chi connectivity index (χ2n) is 10.3. The average molecular weight is 547 g/mol. The minimum atomic E-state index is -0.705. The van der Waals surface area contributed by atoms with Crippen LogP contribution >= 0.6 is 0 Å². The lowest BCUT2D eigenvalue weighted by Gasteiger charge is -2.27. The molecule has 1 fully saturated rings.